The lowest BCUT2D eigenvalue weighted by Gasteiger charge is -2.11. The minimum atomic E-state index is -1.78. The highest BCUT2D eigenvalue weighted by Crippen LogP contribution is 2.36. The second-order valence-electron chi connectivity index (χ2n) is 3.54. The van der Waals surface area contributed by atoms with Gasteiger partial charge in [-0.25, -0.2) is 19.3 Å². The first-order chi connectivity index (χ1) is 8.90. The zero-order valence-electron chi connectivity index (χ0n) is 9.25. The second kappa shape index (κ2) is 5.75. The Kier molecular flexibility index (Phi) is 4.46. The molecular weight excluding hydrogens is 335 g/mol. The van der Waals surface area contributed by atoms with Crippen LogP contribution in [0.2, 0.25) is 0 Å². The maximum absolute atomic E-state index is 12.9. The fourth-order valence-electron chi connectivity index (χ4n) is 1.33. The van der Waals surface area contributed by atoms with E-state index < -0.39 is 3.79 Å². The van der Waals surface area contributed by atoms with E-state index in [1.54, 1.807) is 0 Å². The number of hydrogen-bond acceptors (Lipinski definition) is 3. The second-order valence-corrected chi connectivity index (χ2v) is 6.09. The van der Waals surface area contributed by atoms with E-state index in [1.165, 1.54) is 24.3 Å². The van der Waals surface area contributed by atoms with Crippen molar-refractivity contribution < 1.29 is 4.39 Å². The molecule has 2 aromatic rings. The third-order valence-corrected chi connectivity index (χ3v) is 2.90. The summed E-state index contributed by atoms with van der Waals surface area (Å²) in [6.07, 6.45) is 0. The molecule has 1 aromatic heterocycles. The molecule has 0 spiro atoms. The molecule has 0 aliphatic carbocycles. The molecule has 0 saturated heterocycles. The highest BCUT2D eigenvalue weighted by molar-refractivity contribution is 6.66. The average molecular weight is 341 g/mol. The van der Waals surface area contributed by atoms with Gasteiger partial charge in [-0.1, -0.05) is 34.8 Å². The molecule has 0 bridgehead atoms. The van der Waals surface area contributed by atoms with E-state index >= 15 is 0 Å². The lowest BCUT2D eigenvalue weighted by atomic mass is 10.2. The number of hydrogen-bond donors (Lipinski definition) is 0. The highest BCUT2D eigenvalue weighted by Gasteiger charge is 2.28. The third kappa shape index (κ3) is 3.66. The summed E-state index contributed by atoms with van der Waals surface area (Å²) in [7, 11) is 0. The molecule has 3 nitrogen and oxygen atoms in total. The maximum Gasteiger partial charge on any atom is 0.250 e. The first-order valence-electron chi connectivity index (χ1n) is 5.04. The fraction of sp³-hybridized carbons (Fsp3) is 0.182. The molecule has 0 aliphatic rings. The van der Waals surface area contributed by atoms with E-state index in [0.717, 1.165) is 0 Å². The van der Waals surface area contributed by atoms with Crippen LogP contribution < -0.4 is 0 Å². The van der Waals surface area contributed by atoms with Crippen LogP contribution in [0.4, 0.5) is 4.39 Å². The Morgan fingerprint density at radius 3 is 2.16 bits per heavy atom. The summed E-state index contributed by atoms with van der Waals surface area (Å²) >= 11 is 22.9. The van der Waals surface area contributed by atoms with Crippen molar-refractivity contribution in [1.82, 2.24) is 15.0 Å². The molecule has 0 fully saturated rings. The van der Waals surface area contributed by atoms with Gasteiger partial charge < -0.3 is 0 Å². The minimum absolute atomic E-state index is 0.0255. The van der Waals surface area contributed by atoms with Gasteiger partial charge in [-0.15, -0.1) is 11.6 Å². The molecule has 0 amide bonds. The summed E-state index contributed by atoms with van der Waals surface area (Å²) in [4.78, 5) is 12.1. The van der Waals surface area contributed by atoms with E-state index in [9.17, 15) is 4.39 Å². The smallest absolute Gasteiger partial charge is 0.212 e. The Balaban J connectivity index is 2.54. The van der Waals surface area contributed by atoms with Crippen molar-refractivity contribution >= 4 is 46.4 Å². The average Bonchev–Trinajstić information content (AvgIpc) is 2.38. The molecule has 1 heterocycles. The molecular formula is C11H6Cl4FN3. The van der Waals surface area contributed by atoms with E-state index in [4.69, 9.17) is 46.4 Å². The molecule has 0 atom stereocenters. The van der Waals surface area contributed by atoms with Crippen molar-refractivity contribution in [3.8, 4) is 11.4 Å². The van der Waals surface area contributed by atoms with Crippen LogP contribution in [0.1, 0.15) is 11.6 Å². The van der Waals surface area contributed by atoms with Crippen LogP contribution in [-0.2, 0) is 9.67 Å². The van der Waals surface area contributed by atoms with Gasteiger partial charge in [0.1, 0.15) is 11.6 Å². The van der Waals surface area contributed by atoms with Crippen molar-refractivity contribution in [3.63, 3.8) is 0 Å². The summed E-state index contributed by atoms with van der Waals surface area (Å²) in [6, 6.07) is 5.61. The summed E-state index contributed by atoms with van der Waals surface area (Å²) in [6.45, 7) is 0. The Morgan fingerprint density at radius 2 is 1.63 bits per heavy atom. The van der Waals surface area contributed by atoms with Crippen LogP contribution in [-0.4, -0.2) is 15.0 Å². The van der Waals surface area contributed by atoms with Gasteiger partial charge in [-0.3, -0.25) is 0 Å². The Morgan fingerprint density at radius 1 is 1.00 bits per heavy atom. The van der Waals surface area contributed by atoms with Crippen LogP contribution in [0.15, 0.2) is 24.3 Å². The van der Waals surface area contributed by atoms with Crippen molar-refractivity contribution in [3.05, 3.63) is 41.7 Å². The predicted molar refractivity (Wildman–Crippen MR) is 74.0 cm³/mol. The molecule has 0 radical (unpaired) electrons. The molecule has 2 rings (SSSR count). The van der Waals surface area contributed by atoms with E-state index in [1.807, 2.05) is 0 Å². The summed E-state index contributed by atoms with van der Waals surface area (Å²) < 4.78 is 11.1. The molecule has 1 aromatic carbocycles. The van der Waals surface area contributed by atoms with Gasteiger partial charge in [-0.2, -0.15) is 0 Å². The van der Waals surface area contributed by atoms with Gasteiger partial charge in [0, 0.05) is 5.56 Å². The monoisotopic (exact) mass is 339 g/mol. The molecule has 0 saturated carbocycles. The van der Waals surface area contributed by atoms with Crippen LogP contribution in [0.3, 0.4) is 0 Å². The number of alkyl halides is 4. The Labute approximate surface area is 128 Å². The highest BCUT2D eigenvalue weighted by atomic mass is 35.6. The number of rotatable bonds is 2. The van der Waals surface area contributed by atoms with Crippen molar-refractivity contribution in [2.24, 2.45) is 0 Å². The molecule has 0 N–H and O–H groups in total. The maximum atomic E-state index is 12.9. The minimum Gasteiger partial charge on any atom is -0.212 e. The summed E-state index contributed by atoms with van der Waals surface area (Å²) in [5.74, 6) is 0.202. The third-order valence-electron chi connectivity index (χ3n) is 2.16. The van der Waals surface area contributed by atoms with Crippen LogP contribution >= 0.6 is 46.4 Å². The van der Waals surface area contributed by atoms with Crippen LogP contribution in [0, 0.1) is 5.82 Å². The Hall–Kier alpha value is -0.680. The molecule has 8 heteroatoms. The largest absolute Gasteiger partial charge is 0.250 e. The lowest BCUT2D eigenvalue weighted by Crippen LogP contribution is -2.11. The normalized spacial score (nSPS) is 11.6. The molecule has 100 valence electrons. The van der Waals surface area contributed by atoms with Crippen molar-refractivity contribution in [1.29, 1.82) is 0 Å². The number of benzene rings is 1. The molecule has 19 heavy (non-hydrogen) atoms. The van der Waals surface area contributed by atoms with E-state index in [2.05, 4.69) is 15.0 Å². The Bertz CT molecular complexity index is 583. The van der Waals surface area contributed by atoms with Crippen molar-refractivity contribution in [2.75, 3.05) is 0 Å². The number of aromatic nitrogens is 3. The van der Waals surface area contributed by atoms with E-state index in [0.29, 0.717) is 5.56 Å². The van der Waals surface area contributed by atoms with E-state index in [-0.39, 0.29) is 29.2 Å². The van der Waals surface area contributed by atoms with Gasteiger partial charge in [0.2, 0.25) is 3.79 Å². The predicted octanol–water partition coefficient (Wildman–Crippen LogP) is 4.24. The quantitative estimate of drug-likeness (QED) is 0.767. The fourth-order valence-corrected chi connectivity index (χ4v) is 1.71. The van der Waals surface area contributed by atoms with Gasteiger partial charge >= 0.3 is 0 Å². The zero-order chi connectivity index (χ0) is 14.0. The standard InChI is InChI=1S/C11H6Cl4FN3/c12-5-8-17-9(6-1-3-7(16)4-2-6)19-10(18-8)11(13,14)15/h1-4H,5H2. The zero-order valence-corrected chi connectivity index (χ0v) is 12.3. The van der Waals surface area contributed by atoms with Crippen LogP contribution in [0.25, 0.3) is 11.4 Å². The van der Waals surface area contributed by atoms with Crippen molar-refractivity contribution in [2.45, 2.75) is 9.67 Å². The molecule has 0 unspecified atom stereocenters. The van der Waals surface area contributed by atoms with Crippen LogP contribution in [0.5, 0.6) is 0 Å². The topological polar surface area (TPSA) is 38.7 Å². The first-order valence-corrected chi connectivity index (χ1v) is 6.71. The number of nitrogens with zero attached hydrogens (tertiary/aromatic N) is 3. The number of halogens is 5. The van der Waals surface area contributed by atoms with Gasteiger partial charge in [0.15, 0.2) is 11.6 Å². The SMILES string of the molecule is Fc1ccc(-c2nc(CCl)nc(C(Cl)(Cl)Cl)n2)cc1. The van der Waals surface area contributed by atoms with Gasteiger partial charge in [0.05, 0.1) is 5.88 Å². The van der Waals surface area contributed by atoms with Gasteiger partial charge in [-0.05, 0) is 24.3 Å². The van der Waals surface area contributed by atoms with Gasteiger partial charge in [0.25, 0.3) is 0 Å². The summed E-state index contributed by atoms with van der Waals surface area (Å²) in [5.41, 5.74) is 0.575. The lowest BCUT2D eigenvalue weighted by molar-refractivity contribution is 0.628. The summed E-state index contributed by atoms with van der Waals surface area (Å²) in [5, 5.41) is 0. The first kappa shape index (κ1) is 14.7. The molecule has 0 aliphatic heterocycles.